The summed E-state index contributed by atoms with van der Waals surface area (Å²) in [7, 11) is 0. The van der Waals surface area contributed by atoms with E-state index in [2.05, 4.69) is 19.2 Å². The molecule has 3 heteroatoms. The zero-order valence-electron chi connectivity index (χ0n) is 9.96. The van der Waals surface area contributed by atoms with E-state index in [0.717, 1.165) is 6.42 Å². The molecule has 0 aliphatic rings. The van der Waals surface area contributed by atoms with Crippen molar-refractivity contribution in [2.45, 2.75) is 33.2 Å². The molecule has 1 rings (SSSR count). The van der Waals surface area contributed by atoms with Crippen LogP contribution >= 0.6 is 11.6 Å². The SMILES string of the molecule is CC(C)C[C@H](C)NC(=O)c1cccc(Cl)c1. The Hall–Kier alpha value is -1.02. The van der Waals surface area contributed by atoms with Gasteiger partial charge in [-0.25, -0.2) is 0 Å². The maximum atomic E-state index is 11.8. The molecule has 0 spiro atoms. The van der Waals surface area contributed by atoms with Gasteiger partial charge in [-0.2, -0.15) is 0 Å². The second-order valence-corrected chi connectivity index (χ2v) is 4.95. The van der Waals surface area contributed by atoms with E-state index in [-0.39, 0.29) is 11.9 Å². The molecular weight excluding hydrogens is 222 g/mol. The molecule has 0 aliphatic carbocycles. The average molecular weight is 240 g/mol. The first-order chi connectivity index (χ1) is 7.49. The van der Waals surface area contributed by atoms with Crippen molar-refractivity contribution in [2.24, 2.45) is 5.92 Å². The lowest BCUT2D eigenvalue weighted by atomic mass is 10.0. The van der Waals surface area contributed by atoms with Crippen LogP contribution in [0, 0.1) is 5.92 Å². The molecule has 1 atom stereocenters. The third-order valence-corrected chi connectivity index (χ3v) is 2.52. The second kappa shape index (κ2) is 5.90. The normalized spacial score (nSPS) is 12.6. The summed E-state index contributed by atoms with van der Waals surface area (Å²) < 4.78 is 0. The van der Waals surface area contributed by atoms with Gasteiger partial charge in [-0.1, -0.05) is 31.5 Å². The van der Waals surface area contributed by atoms with Crippen LogP contribution in [-0.4, -0.2) is 11.9 Å². The Bertz CT molecular complexity index is 363. The Balaban J connectivity index is 2.59. The molecule has 0 heterocycles. The summed E-state index contributed by atoms with van der Waals surface area (Å²) in [4.78, 5) is 11.8. The monoisotopic (exact) mass is 239 g/mol. The molecule has 0 saturated heterocycles. The molecular formula is C13H18ClNO. The number of carbonyl (C=O) groups is 1. The third kappa shape index (κ3) is 4.23. The van der Waals surface area contributed by atoms with Crippen molar-refractivity contribution in [2.75, 3.05) is 0 Å². The molecule has 1 N–H and O–H groups in total. The summed E-state index contributed by atoms with van der Waals surface area (Å²) in [6.07, 6.45) is 0.978. The Morgan fingerprint density at radius 1 is 1.38 bits per heavy atom. The summed E-state index contributed by atoms with van der Waals surface area (Å²) in [6, 6.07) is 7.18. The Labute approximate surface area is 102 Å². The number of hydrogen-bond acceptors (Lipinski definition) is 1. The highest BCUT2D eigenvalue weighted by Crippen LogP contribution is 2.11. The Morgan fingerprint density at radius 3 is 2.62 bits per heavy atom. The lowest BCUT2D eigenvalue weighted by Crippen LogP contribution is -2.33. The van der Waals surface area contributed by atoms with Crippen LogP contribution in [-0.2, 0) is 0 Å². The predicted molar refractivity (Wildman–Crippen MR) is 67.8 cm³/mol. The van der Waals surface area contributed by atoms with Gasteiger partial charge in [-0.05, 0) is 37.5 Å². The number of rotatable bonds is 4. The van der Waals surface area contributed by atoms with Gasteiger partial charge in [0.1, 0.15) is 0 Å². The predicted octanol–water partition coefficient (Wildman–Crippen LogP) is 3.50. The van der Waals surface area contributed by atoms with Crippen molar-refractivity contribution < 1.29 is 4.79 Å². The van der Waals surface area contributed by atoms with Crippen molar-refractivity contribution in [1.29, 1.82) is 0 Å². The molecule has 0 radical (unpaired) electrons. The average Bonchev–Trinajstić information content (AvgIpc) is 2.16. The van der Waals surface area contributed by atoms with Crippen LogP contribution in [0.5, 0.6) is 0 Å². The topological polar surface area (TPSA) is 29.1 Å². The molecule has 16 heavy (non-hydrogen) atoms. The standard InChI is InChI=1S/C13H18ClNO/c1-9(2)7-10(3)15-13(16)11-5-4-6-12(14)8-11/h4-6,8-10H,7H2,1-3H3,(H,15,16)/t10-/m0/s1. The van der Waals surface area contributed by atoms with Gasteiger partial charge < -0.3 is 5.32 Å². The fourth-order valence-electron chi connectivity index (χ4n) is 1.70. The highest BCUT2D eigenvalue weighted by atomic mass is 35.5. The number of amides is 1. The molecule has 1 aromatic carbocycles. The quantitative estimate of drug-likeness (QED) is 0.856. The van der Waals surface area contributed by atoms with Crippen LogP contribution in [0.3, 0.4) is 0 Å². The van der Waals surface area contributed by atoms with Crippen molar-refractivity contribution in [1.82, 2.24) is 5.32 Å². The highest BCUT2D eigenvalue weighted by Gasteiger charge is 2.10. The Kier molecular flexibility index (Phi) is 4.81. The minimum absolute atomic E-state index is 0.0596. The van der Waals surface area contributed by atoms with E-state index in [1.54, 1.807) is 24.3 Å². The zero-order valence-corrected chi connectivity index (χ0v) is 10.7. The van der Waals surface area contributed by atoms with Gasteiger partial charge in [0, 0.05) is 16.6 Å². The number of hydrogen-bond donors (Lipinski definition) is 1. The lowest BCUT2D eigenvalue weighted by molar-refractivity contribution is 0.0936. The summed E-state index contributed by atoms with van der Waals surface area (Å²) in [6.45, 7) is 6.30. The molecule has 2 nitrogen and oxygen atoms in total. The van der Waals surface area contributed by atoms with Gasteiger partial charge in [0.25, 0.3) is 5.91 Å². The molecule has 0 saturated carbocycles. The van der Waals surface area contributed by atoms with E-state index in [9.17, 15) is 4.79 Å². The zero-order chi connectivity index (χ0) is 12.1. The molecule has 0 unspecified atom stereocenters. The van der Waals surface area contributed by atoms with Gasteiger partial charge in [0.2, 0.25) is 0 Å². The van der Waals surface area contributed by atoms with Crippen LogP contribution in [0.2, 0.25) is 5.02 Å². The number of carbonyl (C=O) groups excluding carboxylic acids is 1. The molecule has 0 aromatic heterocycles. The summed E-state index contributed by atoms with van der Waals surface area (Å²) in [5.74, 6) is 0.519. The van der Waals surface area contributed by atoms with Crippen molar-refractivity contribution in [3.05, 3.63) is 34.9 Å². The summed E-state index contributed by atoms with van der Waals surface area (Å²) >= 11 is 5.83. The largest absolute Gasteiger partial charge is 0.350 e. The number of benzene rings is 1. The number of nitrogens with one attached hydrogen (secondary N) is 1. The smallest absolute Gasteiger partial charge is 0.251 e. The van der Waals surface area contributed by atoms with Crippen molar-refractivity contribution in [3.8, 4) is 0 Å². The van der Waals surface area contributed by atoms with Crippen molar-refractivity contribution >= 4 is 17.5 Å². The van der Waals surface area contributed by atoms with E-state index >= 15 is 0 Å². The molecule has 0 fully saturated rings. The fraction of sp³-hybridized carbons (Fsp3) is 0.462. The first-order valence-corrected chi connectivity index (χ1v) is 5.93. The van der Waals surface area contributed by atoms with Gasteiger partial charge in [0.15, 0.2) is 0 Å². The van der Waals surface area contributed by atoms with Gasteiger partial charge in [0.05, 0.1) is 0 Å². The van der Waals surface area contributed by atoms with E-state index in [1.807, 2.05) is 6.92 Å². The Morgan fingerprint density at radius 2 is 2.06 bits per heavy atom. The van der Waals surface area contributed by atoms with Crippen LogP contribution < -0.4 is 5.32 Å². The second-order valence-electron chi connectivity index (χ2n) is 4.51. The van der Waals surface area contributed by atoms with Gasteiger partial charge in [-0.15, -0.1) is 0 Å². The molecule has 1 aromatic rings. The maximum absolute atomic E-state index is 11.8. The van der Waals surface area contributed by atoms with Crippen LogP contribution in [0.25, 0.3) is 0 Å². The minimum Gasteiger partial charge on any atom is -0.350 e. The maximum Gasteiger partial charge on any atom is 0.251 e. The molecule has 88 valence electrons. The summed E-state index contributed by atoms with van der Waals surface area (Å²) in [5.41, 5.74) is 0.614. The number of halogens is 1. The van der Waals surface area contributed by atoms with Crippen LogP contribution in [0.15, 0.2) is 24.3 Å². The van der Waals surface area contributed by atoms with Crippen LogP contribution in [0.4, 0.5) is 0 Å². The summed E-state index contributed by atoms with van der Waals surface area (Å²) in [5, 5.41) is 3.54. The molecule has 0 aliphatic heterocycles. The van der Waals surface area contributed by atoms with Crippen molar-refractivity contribution in [3.63, 3.8) is 0 Å². The molecule has 1 amide bonds. The molecule has 0 bridgehead atoms. The minimum atomic E-state index is -0.0596. The lowest BCUT2D eigenvalue weighted by Gasteiger charge is -2.15. The highest BCUT2D eigenvalue weighted by molar-refractivity contribution is 6.30. The van der Waals surface area contributed by atoms with E-state index in [1.165, 1.54) is 0 Å². The third-order valence-electron chi connectivity index (χ3n) is 2.29. The first-order valence-electron chi connectivity index (χ1n) is 5.55. The fourth-order valence-corrected chi connectivity index (χ4v) is 1.89. The van der Waals surface area contributed by atoms with E-state index in [0.29, 0.717) is 16.5 Å². The van der Waals surface area contributed by atoms with Gasteiger partial charge in [-0.3, -0.25) is 4.79 Å². The van der Waals surface area contributed by atoms with E-state index in [4.69, 9.17) is 11.6 Å². The van der Waals surface area contributed by atoms with E-state index < -0.39 is 0 Å². The first kappa shape index (κ1) is 13.0. The van der Waals surface area contributed by atoms with Crippen LogP contribution in [0.1, 0.15) is 37.6 Å². The van der Waals surface area contributed by atoms with Gasteiger partial charge >= 0.3 is 0 Å².